The quantitative estimate of drug-likeness (QED) is 0.783. The van der Waals surface area contributed by atoms with Gasteiger partial charge in [0.05, 0.1) is 5.54 Å². The number of piperidine rings is 1. The summed E-state index contributed by atoms with van der Waals surface area (Å²) in [7, 11) is 0. The van der Waals surface area contributed by atoms with E-state index < -0.39 is 11.4 Å². The van der Waals surface area contributed by atoms with Crippen molar-refractivity contribution in [1.29, 1.82) is 0 Å². The molecule has 1 atom stereocenters. The number of nitrogens with one attached hydrogen (secondary N) is 2. The third-order valence-corrected chi connectivity index (χ3v) is 4.65. The number of nitrogens with two attached hydrogens (primary N) is 1. The number of rotatable bonds is 4. The van der Waals surface area contributed by atoms with Gasteiger partial charge in [0.2, 0.25) is 5.91 Å². The summed E-state index contributed by atoms with van der Waals surface area (Å²) in [4.78, 5) is 26.0. The number of amides is 3. The summed E-state index contributed by atoms with van der Waals surface area (Å²) in [6.07, 6.45) is 3.41. The average molecular weight is 334 g/mol. The van der Waals surface area contributed by atoms with Crippen molar-refractivity contribution in [2.45, 2.75) is 31.2 Å². The third kappa shape index (κ3) is 4.03. The lowest BCUT2D eigenvalue weighted by Crippen LogP contribution is -2.51. The minimum absolute atomic E-state index is 0.0383. The van der Waals surface area contributed by atoms with Gasteiger partial charge in [-0.15, -0.1) is 0 Å². The highest BCUT2D eigenvalue weighted by atomic mass is 19.1. The Morgan fingerprint density at radius 1 is 1.38 bits per heavy atom. The molecule has 24 heavy (non-hydrogen) atoms. The SMILES string of the molecule is NC1(C(=O)N2CCCC(CNC(=O)Nc3cccc(F)c3)C2)CC1. The summed E-state index contributed by atoms with van der Waals surface area (Å²) in [5.41, 5.74) is 5.76. The van der Waals surface area contributed by atoms with Crippen LogP contribution in [0.15, 0.2) is 24.3 Å². The van der Waals surface area contributed by atoms with Gasteiger partial charge in [-0.25, -0.2) is 9.18 Å². The van der Waals surface area contributed by atoms with Crippen LogP contribution < -0.4 is 16.4 Å². The Bertz CT molecular complexity index is 633. The van der Waals surface area contributed by atoms with Crippen molar-refractivity contribution in [3.8, 4) is 0 Å². The Morgan fingerprint density at radius 3 is 2.88 bits per heavy atom. The molecule has 1 aromatic carbocycles. The first-order valence-electron chi connectivity index (χ1n) is 8.35. The Labute approximate surface area is 140 Å². The Morgan fingerprint density at radius 2 is 2.17 bits per heavy atom. The van der Waals surface area contributed by atoms with Gasteiger partial charge in [-0.3, -0.25) is 4.79 Å². The van der Waals surface area contributed by atoms with Crippen LogP contribution in [0.2, 0.25) is 0 Å². The van der Waals surface area contributed by atoms with Crippen LogP contribution >= 0.6 is 0 Å². The molecule has 1 unspecified atom stereocenters. The van der Waals surface area contributed by atoms with Crippen molar-refractivity contribution in [2.24, 2.45) is 11.7 Å². The summed E-state index contributed by atoms with van der Waals surface area (Å²) in [5.74, 6) is -0.148. The molecule has 2 fully saturated rings. The number of carbonyl (C=O) groups is 2. The van der Waals surface area contributed by atoms with Gasteiger partial charge in [-0.2, -0.15) is 0 Å². The van der Waals surface area contributed by atoms with Gasteiger partial charge in [0.15, 0.2) is 0 Å². The summed E-state index contributed by atoms with van der Waals surface area (Å²) in [6.45, 7) is 1.84. The normalized spacial score (nSPS) is 21.9. The second-order valence-corrected chi connectivity index (χ2v) is 6.76. The van der Waals surface area contributed by atoms with E-state index in [-0.39, 0.29) is 17.9 Å². The Hall–Kier alpha value is -2.15. The smallest absolute Gasteiger partial charge is 0.319 e. The molecule has 7 heteroatoms. The maximum Gasteiger partial charge on any atom is 0.319 e. The molecule has 2 aliphatic rings. The van der Waals surface area contributed by atoms with E-state index in [1.54, 1.807) is 6.07 Å². The molecule has 1 aliphatic heterocycles. The molecule has 1 aromatic rings. The molecule has 1 saturated heterocycles. The number of hydrogen-bond acceptors (Lipinski definition) is 3. The van der Waals surface area contributed by atoms with Crippen LogP contribution in [0, 0.1) is 11.7 Å². The third-order valence-electron chi connectivity index (χ3n) is 4.65. The molecule has 3 rings (SSSR count). The average Bonchev–Trinajstić information content (AvgIpc) is 3.31. The van der Waals surface area contributed by atoms with Gasteiger partial charge >= 0.3 is 6.03 Å². The molecular formula is C17H23FN4O2. The summed E-state index contributed by atoms with van der Waals surface area (Å²) >= 11 is 0. The second kappa shape index (κ2) is 6.76. The van der Waals surface area contributed by atoms with Crippen LogP contribution in [0.3, 0.4) is 0 Å². The zero-order valence-electron chi connectivity index (χ0n) is 13.6. The molecule has 3 amide bonds. The van der Waals surface area contributed by atoms with Crippen molar-refractivity contribution >= 4 is 17.6 Å². The van der Waals surface area contributed by atoms with E-state index in [1.165, 1.54) is 18.2 Å². The fourth-order valence-electron chi connectivity index (χ4n) is 3.06. The minimum atomic E-state index is -0.635. The molecule has 6 nitrogen and oxygen atoms in total. The fraction of sp³-hybridized carbons (Fsp3) is 0.529. The lowest BCUT2D eigenvalue weighted by atomic mass is 9.97. The van der Waals surface area contributed by atoms with Gasteiger partial charge in [0, 0.05) is 25.3 Å². The Balaban J connectivity index is 1.45. The second-order valence-electron chi connectivity index (χ2n) is 6.76. The maximum absolute atomic E-state index is 13.1. The lowest BCUT2D eigenvalue weighted by Gasteiger charge is -2.34. The van der Waals surface area contributed by atoms with Crippen molar-refractivity contribution in [1.82, 2.24) is 10.2 Å². The van der Waals surface area contributed by atoms with E-state index in [0.29, 0.717) is 18.8 Å². The molecule has 0 spiro atoms. The molecule has 1 saturated carbocycles. The van der Waals surface area contributed by atoms with Crippen LogP contribution in [0.25, 0.3) is 0 Å². The first kappa shape index (κ1) is 16.7. The fourth-order valence-corrected chi connectivity index (χ4v) is 3.06. The molecule has 1 heterocycles. The van der Waals surface area contributed by atoms with Gasteiger partial charge in [-0.1, -0.05) is 6.07 Å². The van der Waals surface area contributed by atoms with Crippen LogP contribution in [-0.2, 0) is 4.79 Å². The van der Waals surface area contributed by atoms with Gasteiger partial charge in [0.25, 0.3) is 0 Å². The van der Waals surface area contributed by atoms with Crippen LogP contribution in [0.1, 0.15) is 25.7 Å². The highest BCUT2D eigenvalue weighted by Crippen LogP contribution is 2.35. The van der Waals surface area contributed by atoms with E-state index in [9.17, 15) is 14.0 Å². The van der Waals surface area contributed by atoms with Crippen molar-refractivity contribution in [3.63, 3.8) is 0 Å². The Kier molecular flexibility index (Phi) is 4.71. The first-order chi connectivity index (χ1) is 11.5. The lowest BCUT2D eigenvalue weighted by molar-refractivity contribution is -0.135. The zero-order valence-corrected chi connectivity index (χ0v) is 13.6. The van der Waals surface area contributed by atoms with Crippen LogP contribution in [-0.4, -0.2) is 42.0 Å². The molecule has 4 N–H and O–H groups in total. The van der Waals surface area contributed by atoms with Gasteiger partial charge in [0.1, 0.15) is 5.82 Å². The number of urea groups is 1. The molecule has 0 bridgehead atoms. The van der Waals surface area contributed by atoms with Crippen LogP contribution in [0.4, 0.5) is 14.9 Å². The largest absolute Gasteiger partial charge is 0.341 e. The van der Waals surface area contributed by atoms with Crippen molar-refractivity contribution in [2.75, 3.05) is 25.0 Å². The number of carbonyl (C=O) groups excluding carboxylic acids is 2. The first-order valence-corrected chi connectivity index (χ1v) is 8.35. The van der Waals surface area contributed by atoms with Gasteiger partial charge < -0.3 is 21.3 Å². The molecule has 0 radical (unpaired) electrons. The number of nitrogens with zero attached hydrogens (tertiary/aromatic N) is 1. The predicted molar refractivity (Wildman–Crippen MR) is 88.9 cm³/mol. The number of anilines is 1. The maximum atomic E-state index is 13.1. The van der Waals surface area contributed by atoms with E-state index in [0.717, 1.165) is 32.2 Å². The van der Waals surface area contributed by atoms with Crippen molar-refractivity contribution < 1.29 is 14.0 Å². The molecular weight excluding hydrogens is 311 g/mol. The minimum Gasteiger partial charge on any atom is -0.341 e. The van der Waals surface area contributed by atoms with E-state index in [1.807, 2.05) is 4.90 Å². The van der Waals surface area contributed by atoms with Crippen molar-refractivity contribution in [3.05, 3.63) is 30.1 Å². The van der Waals surface area contributed by atoms with E-state index >= 15 is 0 Å². The monoisotopic (exact) mass is 334 g/mol. The topological polar surface area (TPSA) is 87.5 Å². The van der Waals surface area contributed by atoms with E-state index in [4.69, 9.17) is 5.73 Å². The number of likely N-dealkylation sites (tertiary alicyclic amines) is 1. The summed E-state index contributed by atoms with van der Waals surface area (Å²) < 4.78 is 13.1. The highest BCUT2D eigenvalue weighted by molar-refractivity contribution is 5.89. The molecule has 0 aromatic heterocycles. The van der Waals surface area contributed by atoms with Gasteiger partial charge in [-0.05, 0) is 49.8 Å². The number of benzene rings is 1. The summed E-state index contributed by atoms with van der Waals surface area (Å²) in [5, 5.41) is 5.39. The molecule has 130 valence electrons. The predicted octanol–water partition coefficient (Wildman–Crippen LogP) is 1.68. The summed E-state index contributed by atoms with van der Waals surface area (Å²) in [6, 6.07) is 5.37. The number of hydrogen-bond donors (Lipinski definition) is 3. The van der Waals surface area contributed by atoms with E-state index in [2.05, 4.69) is 10.6 Å². The van der Waals surface area contributed by atoms with Crippen LogP contribution in [0.5, 0.6) is 0 Å². The number of halogens is 1. The highest BCUT2D eigenvalue weighted by Gasteiger charge is 2.48. The zero-order chi connectivity index (χ0) is 17.2. The molecule has 1 aliphatic carbocycles. The standard InChI is InChI=1S/C17H23FN4O2/c18-13-4-1-5-14(9-13)21-16(24)20-10-12-3-2-8-22(11-12)15(23)17(19)6-7-17/h1,4-5,9,12H,2-3,6-8,10-11,19H2,(H2,20,21,24).